The molecule has 1 unspecified atom stereocenters. The van der Waals surface area contributed by atoms with Gasteiger partial charge in [-0.3, -0.25) is 9.48 Å². The molecule has 3 aromatic rings. The van der Waals surface area contributed by atoms with E-state index in [2.05, 4.69) is 10.1 Å². The maximum absolute atomic E-state index is 13.4. The molecule has 0 N–H and O–H groups in total. The molecule has 2 aromatic heterocycles. The van der Waals surface area contributed by atoms with Gasteiger partial charge in [-0.1, -0.05) is 6.07 Å². The predicted molar refractivity (Wildman–Crippen MR) is 121 cm³/mol. The number of methoxy groups -OCH3 is 2. The Morgan fingerprint density at radius 3 is 2.47 bits per heavy atom. The fraction of sp³-hybridized carbons (Fsp3) is 0.391. The van der Waals surface area contributed by atoms with Gasteiger partial charge in [0, 0.05) is 63.7 Å². The van der Waals surface area contributed by atoms with Crippen molar-refractivity contribution in [3.63, 3.8) is 0 Å². The van der Waals surface area contributed by atoms with Crippen LogP contribution in [0.3, 0.4) is 0 Å². The number of rotatable bonds is 6. The molecular formula is C23H28N6O3. The predicted octanol–water partition coefficient (Wildman–Crippen LogP) is 2.59. The van der Waals surface area contributed by atoms with Gasteiger partial charge in [0.05, 0.1) is 26.1 Å². The number of carbonyl (C=O) groups excluding carboxylic acids is 1. The third-order valence-corrected chi connectivity index (χ3v) is 5.73. The highest BCUT2D eigenvalue weighted by Crippen LogP contribution is 2.36. The van der Waals surface area contributed by atoms with Crippen molar-refractivity contribution < 1.29 is 14.3 Å². The zero-order chi connectivity index (χ0) is 22.8. The van der Waals surface area contributed by atoms with E-state index >= 15 is 0 Å². The van der Waals surface area contributed by atoms with Crippen LogP contribution in [0.5, 0.6) is 11.5 Å². The fourth-order valence-corrected chi connectivity index (χ4v) is 4.08. The number of aryl methyl sites for hydroxylation is 1. The van der Waals surface area contributed by atoms with Gasteiger partial charge in [0.1, 0.15) is 17.1 Å². The molecule has 1 atom stereocenters. The maximum atomic E-state index is 13.4. The lowest BCUT2D eigenvalue weighted by Gasteiger charge is -2.21. The first-order valence-corrected chi connectivity index (χ1v) is 10.5. The molecular weight excluding hydrogens is 408 g/mol. The number of amides is 1. The molecule has 9 nitrogen and oxygen atoms in total. The SMILES string of the molecule is COc1cccc(OC)c1C(=O)N1CCC(c2nc(N(C)C)ncc2-c2cnn(C)c2)C1. The largest absolute Gasteiger partial charge is 0.496 e. The average molecular weight is 437 g/mol. The van der Waals surface area contributed by atoms with Crippen molar-refractivity contribution in [3.8, 4) is 22.6 Å². The molecule has 0 aliphatic carbocycles. The summed E-state index contributed by atoms with van der Waals surface area (Å²) in [5.41, 5.74) is 3.28. The van der Waals surface area contributed by atoms with E-state index in [-0.39, 0.29) is 11.8 Å². The van der Waals surface area contributed by atoms with Crippen LogP contribution in [0, 0.1) is 0 Å². The van der Waals surface area contributed by atoms with E-state index in [1.54, 1.807) is 31.0 Å². The number of anilines is 1. The highest BCUT2D eigenvalue weighted by Gasteiger charge is 2.33. The summed E-state index contributed by atoms with van der Waals surface area (Å²) in [4.78, 5) is 26.5. The van der Waals surface area contributed by atoms with Gasteiger partial charge in [0.2, 0.25) is 5.95 Å². The first-order valence-electron chi connectivity index (χ1n) is 10.5. The lowest BCUT2D eigenvalue weighted by molar-refractivity contribution is 0.0783. The summed E-state index contributed by atoms with van der Waals surface area (Å²) in [6, 6.07) is 5.36. The minimum absolute atomic E-state index is 0.0801. The second kappa shape index (κ2) is 8.86. The van der Waals surface area contributed by atoms with E-state index in [1.807, 2.05) is 55.6 Å². The lowest BCUT2D eigenvalue weighted by atomic mass is 9.97. The van der Waals surface area contributed by atoms with Gasteiger partial charge in [-0.15, -0.1) is 0 Å². The number of ether oxygens (including phenoxy) is 2. The van der Waals surface area contributed by atoms with E-state index < -0.39 is 0 Å². The molecule has 1 amide bonds. The van der Waals surface area contributed by atoms with E-state index in [1.165, 1.54) is 0 Å². The Morgan fingerprint density at radius 1 is 1.16 bits per heavy atom. The van der Waals surface area contributed by atoms with Crippen LogP contribution < -0.4 is 14.4 Å². The molecule has 0 bridgehead atoms. The smallest absolute Gasteiger partial charge is 0.261 e. The van der Waals surface area contributed by atoms with E-state index in [4.69, 9.17) is 14.5 Å². The summed E-state index contributed by atoms with van der Waals surface area (Å²) in [6.45, 7) is 1.18. The van der Waals surface area contributed by atoms with Gasteiger partial charge in [-0.2, -0.15) is 5.10 Å². The van der Waals surface area contributed by atoms with Gasteiger partial charge in [0.25, 0.3) is 5.91 Å². The van der Waals surface area contributed by atoms with Crippen LogP contribution in [0.25, 0.3) is 11.1 Å². The number of likely N-dealkylation sites (tertiary alicyclic amines) is 1. The zero-order valence-corrected chi connectivity index (χ0v) is 19.1. The Balaban J connectivity index is 1.66. The summed E-state index contributed by atoms with van der Waals surface area (Å²) < 4.78 is 12.6. The molecule has 32 heavy (non-hydrogen) atoms. The molecule has 9 heteroatoms. The molecule has 1 saturated heterocycles. The standard InChI is InChI=1S/C23H28N6O3/c1-27(2)23-24-12-17(16-11-25-28(3)13-16)21(26-23)15-9-10-29(14-15)22(30)20-18(31-4)7-6-8-19(20)32-5/h6-8,11-13,15H,9-10,14H2,1-5H3. The molecule has 168 valence electrons. The molecule has 1 aromatic carbocycles. The van der Waals surface area contributed by atoms with Crippen molar-refractivity contribution >= 4 is 11.9 Å². The van der Waals surface area contributed by atoms with Gasteiger partial charge in [-0.25, -0.2) is 9.97 Å². The van der Waals surface area contributed by atoms with Gasteiger partial charge >= 0.3 is 0 Å². The molecule has 0 saturated carbocycles. The molecule has 3 heterocycles. The third-order valence-electron chi connectivity index (χ3n) is 5.73. The van der Waals surface area contributed by atoms with Crippen LogP contribution >= 0.6 is 0 Å². The van der Waals surface area contributed by atoms with Crippen LogP contribution in [0.15, 0.2) is 36.8 Å². The normalized spacial score (nSPS) is 15.7. The second-order valence-corrected chi connectivity index (χ2v) is 8.04. The maximum Gasteiger partial charge on any atom is 0.261 e. The van der Waals surface area contributed by atoms with Crippen LogP contribution in [0.1, 0.15) is 28.4 Å². The third kappa shape index (κ3) is 3.98. The summed E-state index contributed by atoms with van der Waals surface area (Å²) in [6.07, 6.45) is 6.42. The summed E-state index contributed by atoms with van der Waals surface area (Å²) in [5.74, 6) is 1.63. The van der Waals surface area contributed by atoms with Crippen molar-refractivity contribution in [2.75, 3.05) is 46.3 Å². The number of hydrogen-bond acceptors (Lipinski definition) is 7. The molecule has 1 aliphatic rings. The van der Waals surface area contributed by atoms with Crippen LogP contribution in [-0.2, 0) is 7.05 Å². The Labute approximate surface area is 187 Å². The van der Waals surface area contributed by atoms with E-state index in [0.717, 1.165) is 23.2 Å². The number of hydrogen-bond donors (Lipinski definition) is 0. The number of aromatic nitrogens is 4. The molecule has 0 radical (unpaired) electrons. The Kier molecular flexibility index (Phi) is 5.98. The van der Waals surface area contributed by atoms with Crippen molar-refractivity contribution in [1.82, 2.24) is 24.6 Å². The summed E-state index contributed by atoms with van der Waals surface area (Å²) in [5, 5.41) is 4.30. The Bertz CT molecular complexity index is 1100. The molecule has 1 fully saturated rings. The Hall–Kier alpha value is -3.62. The van der Waals surface area contributed by atoms with Crippen LogP contribution in [0.2, 0.25) is 0 Å². The highest BCUT2D eigenvalue weighted by atomic mass is 16.5. The lowest BCUT2D eigenvalue weighted by Crippen LogP contribution is -2.29. The number of carbonyl (C=O) groups is 1. The number of nitrogens with zero attached hydrogens (tertiary/aromatic N) is 6. The van der Waals surface area contributed by atoms with E-state index in [9.17, 15) is 4.79 Å². The van der Waals surface area contributed by atoms with Crippen molar-refractivity contribution in [3.05, 3.63) is 48.0 Å². The second-order valence-electron chi connectivity index (χ2n) is 8.04. The van der Waals surface area contributed by atoms with Crippen molar-refractivity contribution in [2.24, 2.45) is 7.05 Å². The van der Waals surface area contributed by atoms with Gasteiger partial charge in [-0.05, 0) is 18.6 Å². The quantitative estimate of drug-likeness (QED) is 0.587. The summed E-state index contributed by atoms with van der Waals surface area (Å²) >= 11 is 0. The van der Waals surface area contributed by atoms with Crippen LogP contribution in [-0.4, -0.2) is 72.0 Å². The monoisotopic (exact) mass is 436 g/mol. The highest BCUT2D eigenvalue weighted by molar-refractivity contribution is 6.00. The Morgan fingerprint density at radius 2 is 1.88 bits per heavy atom. The minimum Gasteiger partial charge on any atom is -0.496 e. The van der Waals surface area contributed by atoms with E-state index in [0.29, 0.717) is 36.1 Å². The van der Waals surface area contributed by atoms with Crippen LogP contribution in [0.4, 0.5) is 5.95 Å². The topological polar surface area (TPSA) is 85.6 Å². The molecule has 0 spiro atoms. The van der Waals surface area contributed by atoms with Gasteiger partial charge in [0.15, 0.2) is 0 Å². The first kappa shape index (κ1) is 21.6. The average Bonchev–Trinajstić information content (AvgIpc) is 3.47. The number of benzene rings is 1. The van der Waals surface area contributed by atoms with Crippen molar-refractivity contribution in [2.45, 2.75) is 12.3 Å². The zero-order valence-electron chi connectivity index (χ0n) is 19.1. The fourth-order valence-electron chi connectivity index (χ4n) is 4.08. The molecule has 4 rings (SSSR count). The first-order chi connectivity index (χ1) is 15.4. The minimum atomic E-state index is -0.105. The molecule has 1 aliphatic heterocycles. The summed E-state index contributed by atoms with van der Waals surface area (Å²) in [7, 11) is 8.84. The van der Waals surface area contributed by atoms with Gasteiger partial charge < -0.3 is 19.3 Å². The van der Waals surface area contributed by atoms with Crippen molar-refractivity contribution in [1.29, 1.82) is 0 Å².